The summed E-state index contributed by atoms with van der Waals surface area (Å²) < 4.78 is 1.90. The summed E-state index contributed by atoms with van der Waals surface area (Å²) in [7, 11) is 1.82. The highest BCUT2D eigenvalue weighted by Crippen LogP contribution is 2.20. The molecule has 2 heterocycles. The van der Waals surface area contributed by atoms with Crippen molar-refractivity contribution >= 4 is 23.2 Å². The standard InChI is InChI=1S/C14H22N6O/c1-5-19(9-12(21)17-10(2)3)14-13-16-6-7-20(13)8-11(15-4)18-14/h6-8,10,15H,5,9H2,1-4H3,(H,17,21). The van der Waals surface area contributed by atoms with Crippen LogP contribution in [0.1, 0.15) is 20.8 Å². The maximum Gasteiger partial charge on any atom is 0.239 e. The summed E-state index contributed by atoms with van der Waals surface area (Å²) in [4.78, 5) is 22.8. The largest absolute Gasteiger partial charge is 0.372 e. The van der Waals surface area contributed by atoms with Crippen molar-refractivity contribution in [2.24, 2.45) is 0 Å². The van der Waals surface area contributed by atoms with Gasteiger partial charge in [0.1, 0.15) is 5.82 Å². The fourth-order valence-corrected chi connectivity index (χ4v) is 2.13. The zero-order valence-electron chi connectivity index (χ0n) is 12.9. The van der Waals surface area contributed by atoms with Gasteiger partial charge in [0, 0.05) is 32.0 Å². The number of anilines is 2. The van der Waals surface area contributed by atoms with E-state index in [1.165, 1.54) is 0 Å². The third kappa shape index (κ3) is 3.42. The molecule has 7 nitrogen and oxygen atoms in total. The van der Waals surface area contributed by atoms with Gasteiger partial charge in [0.15, 0.2) is 11.5 Å². The summed E-state index contributed by atoms with van der Waals surface area (Å²) in [5.74, 6) is 1.42. The molecule has 21 heavy (non-hydrogen) atoms. The number of hydrogen-bond donors (Lipinski definition) is 2. The molecule has 0 saturated carbocycles. The quantitative estimate of drug-likeness (QED) is 0.834. The SMILES string of the molecule is CCN(CC(=O)NC(C)C)c1nc(NC)cn2ccnc12. The lowest BCUT2D eigenvalue weighted by molar-refractivity contribution is -0.120. The van der Waals surface area contributed by atoms with Gasteiger partial charge in [-0.05, 0) is 20.8 Å². The highest BCUT2D eigenvalue weighted by atomic mass is 16.2. The van der Waals surface area contributed by atoms with Crippen LogP contribution in [0.25, 0.3) is 5.65 Å². The van der Waals surface area contributed by atoms with Crippen LogP contribution in [0.2, 0.25) is 0 Å². The van der Waals surface area contributed by atoms with Gasteiger partial charge in [0.2, 0.25) is 5.91 Å². The van der Waals surface area contributed by atoms with E-state index in [4.69, 9.17) is 0 Å². The van der Waals surface area contributed by atoms with Gasteiger partial charge in [-0.3, -0.25) is 4.79 Å². The highest BCUT2D eigenvalue weighted by molar-refractivity contribution is 5.83. The Morgan fingerprint density at radius 2 is 2.24 bits per heavy atom. The number of carbonyl (C=O) groups is 1. The lowest BCUT2D eigenvalue weighted by Gasteiger charge is -2.23. The molecular formula is C14H22N6O. The number of amides is 1. The second-order valence-corrected chi connectivity index (χ2v) is 5.09. The Kier molecular flexibility index (Phi) is 4.62. The third-order valence-corrected chi connectivity index (χ3v) is 3.08. The molecule has 0 aliphatic heterocycles. The van der Waals surface area contributed by atoms with Crippen molar-refractivity contribution in [3.63, 3.8) is 0 Å². The van der Waals surface area contributed by atoms with Crippen LogP contribution in [0.3, 0.4) is 0 Å². The molecule has 0 saturated heterocycles. The van der Waals surface area contributed by atoms with Crippen LogP contribution in [0.5, 0.6) is 0 Å². The third-order valence-electron chi connectivity index (χ3n) is 3.08. The zero-order valence-corrected chi connectivity index (χ0v) is 12.9. The average Bonchev–Trinajstić information content (AvgIpc) is 2.91. The number of rotatable bonds is 6. The first-order valence-electron chi connectivity index (χ1n) is 7.11. The number of nitrogens with zero attached hydrogens (tertiary/aromatic N) is 4. The summed E-state index contributed by atoms with van der Waals surface area (Å²) in [5.41, 5.74) is 0.744. The van der Waals surface area contributed by atoms with E-state index in [0.717, 1.165) is 11.5 Å². The summed E-state index contributed by atoms with van der Waals surface area (Å²) >= 11 is 0. The molecule has 0 aromatic carbocycles. The van der Waals surface area contributed by atoms with Crippen molar-refractivity contribution < 1.29 is 4.79 Å². The Morgan fingerprint density at radius 1 is 1.48 bits per heavy atom. The summed E-state index contributed by atoms with van der Waals surface area (Å²) in [6.07, 6.45) is 5.46. The topological polar surface area (TPSA) is 74.6 Å². The lowest BCUT2D eigenvalue weighted by atomic mass is 10.3. The number of fused-ring (bicyclic) bond motifs is 1. The first kappa shape index (κ1) is 15.1. The zero-order chi connectivity index (χ0) is 15.4. The first-order chi connectivity index (χ1) is 10.0. The summed E-state index contributed by atoms with van der Waals surface area (Å²) in [6, 6.07) is 0.124. The molecule has 114 valence electrons. The number of nitrogens with one attached hydrogen (secondary N) is 2. The maximum atomic E-state index is 12.0. The molecule has 2 N–H and O–H groups in total. The molecule has 7 heteroatoms. The number of imidazole rings is 1. The van der Waals surface area contributed by atoms with Crippen molar-refractivity contribution in [1.29, 1.82) is 0 Å². The Labute approximate surface area is 124 Å². The van der Waals surface area contributed by atoms with Gasteiger partial charge in [-0.25, -0.2) is 9.97 Å². The molecule has 0 unspecified atom stereocenters. The number of carbonyl (C=O) groups excluding carboxylic acids is 1. The molecule has 0 radical (unpaired) electrons. The summed E-state index contributed by atoms with van der Waals surface area (Å²) in [6.45, 7) is 6.82. The van der Waals surface area contributed by atoms with E-state index in [-0.39, 0.29) is 18.5 Å². The van der Waals surface area contributed by atoms with Crippen LogP contribution < -0.4 is 15.5 Å². The molecule has 2 aromatic heterocycles. The molecule has 0 atom stereocenters. The minimum atomic E-state index is -0.0202. The van der Waals surface area contributed by atoms with Crippen molar-refractivity contribution in [2.75, 3.05) is 30.4 Å². The predicted molar refractivity (Wildman–Crippen MR) is 83.7 cm³/mol. The molecule has 2 aromatic rings. The molecule has 0 spiro atoms. The van der Waals surface area contributed by atoms with Gasteiger partial charge in [-0.2, -0.15) is 0 Å². The van der Waals surface area contributed by atoms with E-state index in [1.807, 2.05) is 49.5 Å². The molecule has 0 aliphatic rings. The van der Waals surface area contributed by atoms with Crippen LogP contribution in [0.15, 0.2) is 18.6 Å². The molecule has 0 bridgehead atoms. The minimum Gasteiger partial charge on any atom is -0.372 e. The van der Waals surface area contributed by atoms with Gasteiger partial charge in [-0.1, -0.05) is 0 Å². The first-order valence-corrected chi connectivity index (χ1v) is 7.11. The van der Waals surface area contributed by atoms with E-state index in [2.05, 4.69) is 20.6 Å². The van der Waals surface area contributed by atoms with Crippen molar-refractivity contribution in [2.45, 2.75) is 26.8 Å². The lowest BCUT2D eigenvalue weighted by Crippen LogP contribution is -2.40. The molecule has 2 rings (SSSR count). The molecular weight excluding hydrogens is 268 g/mol. The Bertz CT molecular complexity index is 621. The second-order valence-electron chi connectivity index (χ2n) is 5.09. The number of likely N-dealkylation sites (N-methyl/N-ethyl adjacent to an activating group) is 1. The van der Waals surface area contributed by atoms with E-state index in [9.17, 15) is 4.79 Å². The number of aromatic nitrogens is 3. The second kappa shape index (κ2) is 6.43. The minimum absolute atomic E-state index is 0.0202. The van der Waals surface area contributed by atoms with Crippen LogP contribution in [-0.2, 0) is 4.79 Å². The van der Waals surface area contributed by atoms with Crippen molar-refractivity contribution in [1.82, 2.24) is 19.7 Å². The van der Waals surface area contributed by atoms with E-state index >= 15 is 0 Å². The van der Waals surface area contributed by atoms with Crippen molar-refractivity contribution in [3.05, 3.63) is 18.6 Å². The predicted octanol–water partition coefficient (Wildman–Crippen LogP) is 1.12. The van der Waals surface area contributed by atoms with E-state index in [1.54, 1.807) is 6.20 Å². The number of hydrogen-bond acceptors (Lipinski definition) is 5. The summed E-state index contributed by atoms with van der Waals surface area (Å²) in [5, 5.41) is 5.92. The Morgan fingerprint density at radius 3 is 2.86 bits per heavy atom. The van der Waals surface area contributed by atoms with Crippen LogP contribution in [0.4, 0.5) is 11.6 Å². The van der Waals surface area contributed by atoms with Crippen LogP contribution in [-0.4, -0.2) is 46.5 Å². The fraction of sp³-hybridized carbons (Fsp3) is 0.500. The van der Waals surface area contributed by atoms with Gasteiger partial charge >= 0.3 is 0 Å². The Balaban J connectivity index is 2.32. The maximum absolute atomic E-state index is 12.0. The van der Waals surface area contributed by atoms with Gasteiger partial charge < -0.3 is 19.9 Å². The van der Waals surface area contributed by atoms with Gasteiger partial charge in [-0.15, -0.1) is 0 Å². The molecule has 1 amide bonds. The van der Waals surface area contributed by atoms with Gasteiger partial charge in [0.25, 0.3) is 0 Å². The molecule has 0 fully saturated rings. The highest BCUT2D eigenvalue weighted by Gasteiger charge is 2.17. The Hall–Kier alpha value is -2.31. The van der Waals surface area contributed by atoms with Crippen LogP contribution in [0, 0.1) is 0 Å². The van der Waals surface area contributed by atoms with Crippen LogP contribution >= 0.6 is 0 Å². The fourth-order valence-electron chi connectivity index (χ4n) is 2.13. The normalized spacial score (nSPS) is 10.9. The van der Waals surface area contributed by atoms with Crippen molar-refractivity contribution in [3.8, 4) is 0 Å². The monoisotopic (exact) mass is 290 g/mol. The molecule has 0 aliphatic carbocycles. The van der Waals surface area contributed by atoms with E-state index < -0.39 is 0 Å². The smallest absolute Gasteiger partial charge is 0.239 e. The van der Waals surface area contributed by atoms with Gasteiger partial charge in [0.05, 0.1) is 12.7 Å². The average molecular weight is 290 g/mol. The van der Waals surface area contributed by atoms with E-state index in [0.29, 0.717) is 12.4 Å².